The molecule has 0 aromatic heterocycles. The lowest BCUT2D eigenvalue weighted by Crippen LogP contribution is -2.49. The highest BCUT2D eigenvalue weighted by Crippen LogP contribution is 2.44. The number of alkyl carbamates (subject to hydrolysis) is 1. The minimum Gasteiger partial charge on any atom is -0.481 e. The largest absolute Gasteiger partial charge is 0.481 e. The number of hydrogen-bond donors (Lipinski definition) is 3. The molecule has 182 valence electrons. The van der Waals surface area contributed by atoms with Gasteiger partial charge >= 0.3 is 18.2 Å². The standard InChI is InChI=1S/C24H25F3N2O5/c1-14(22(31)32)10-11-28-21(30)20(12-24(25,26)27)29-23(33)34-13-19-17-8-4-2-6-15(17)16-7-3-5-9-18(16)19/h2-9,14,19-20H,10-13H2,1H3,(H,28,30)(H,29,33)(H,31,32). The van der Waals surface area contributed by atoms with Crippen LogP contribution in [0.15, 0.2) is 48.5 Å². The predicted octanol–water partition coefficient (Wildman–Crippen LogP) is 4.07. The zero-order valence-electron chi connectivity index (χ0n) is 18.4. The summed E-state index contributed by atoms with van der Waals surface area (Å²) in [5, 5.41) is 13.1. The molecule has 7 nitrogen and oxygen atoms in total. The number of carbonyl (C=O) groups is 3. The van der Waals surface area contributed by atoms with Gasteiger partial charge in [-0.25, -0.2) is 4.79 Å². The van der Waals surface area contributed by atoms with Gasteiger partial charge in [0.25, 0.3) is 0 Å². The number of carboxylic acid groups (broad SMARTS) is 1. The third kappa shape index (κ3) is 6.27. The number of halogens is 3. The Balaban J connectivity index is 1.62. The van der Waals surface area contributed by atoms with Crippen LogP contribution in [0, 0.1) is 5.92 Å². The van der Waals surface area contributed by atoms with Gasteiger partial charge in [-0.15, -0.1) is 0 Å². The fraction of sp³-hybridized carbons (Fsp3) is 0.375. The first-order chi connectivity index (χ1) is 16.1. The topological polar surface area (TPSA) is 105 Å². The zero-order valence-corrected chi connectivity index (χ0v) is 18.4. The van der Waals surface area contributed by atoms with E-state index in [1.54, 1.807) is 0 Å². The van der Waals surface area contributed by atoms with E-state index in [1.165, 1.54) is 6.92 Å². The molecule has 3 rings (SSSR count). The van der Waals surface area contributed by atoms with E-state index in [0.717, 1.165) is 22.3 Å². The van der Waals surface area contributed by atoms with Crippen molar-refractivity contribution in [1.82, 2.24) is 10.6 Å². The van der Waals surface area contributed by atoms with Crippen LogP contribution in [0.1, 0.15) is 36.8 Å². The van der Waals surface area contributed by atoms with Crippen LogP contribution >= 0.6 is 0 Å². The quantitative estimate of drug-likeness (QED) is 0.504. The van der Waals surface area contributed by atoms with Crippen molar-refractivity contribution in [1.29, 1.82) is 0 Å². The molecule has 0 saturated carbocycles. The Kier molecular flexibility index (Phi) is 7.80. The van der Waals surface area contributed by atoms with Crippen molar-refractivity contribution >= 4 is 18.0 Å². The Morgan fingerprint density at radius 1 is 1.03 bits per heavy atom. The summed E-state index contributed by atoms with van der Waals surface area (Å²) < 4.78 is 44.2. The fourth-order valence-corrected chi connectivity index (χ4v) is 3.88. The summed E-state index contributed by atoms with van der Waals surface area (Å²) in [5.41, 5.74) is 3.87. The van der Waals surface area contributed by atoms with Gasteiger partial charge < -0.3 is 20.5 Å². The smallest absolute Gasteiger partial charge is 0.407 e. The van der Waals surface area contributed by atoms with Gasteiger partial charge in [0.2, 0.25) is 5.91 Å². The molecular formula is C24H25F3N2O5. The van der Waals surface area contributed by atoms with Crippen molar-refractivity contribution in [3.63, 3.8) is 0 Å². The van der Waals surface area contributed by atoms with Crippen LogP contribution in [0.4, 0.5) is 18.0 Å². The highest BCUT2D eigenvalue weighted by Gasteiger charge is 2.37. The molecule has 0 spiro atoms. The molecule has 0 heterocycles. The van der Waals surface area contributed by atoms with Crippen LogP contribution in [-0.4, -0.2) is 48.4 Å². The second kappa shape index (κ2) is 10.6. The highest BCUT2D eigenvalue weighted by molar-refractivity contribution is 5.86. The van der Waals surface area contributed by atoms with Crippen LogP contribution in [-0.2, 0) is 14.3 Å². The predicted molar refractivity (Wildman–Crippen MR) is 117 cm³/mol. The van der Waals surface area contributed by atoms with Crippen LogP contribution < -0.4 is 10.6 Å². The highest BCUT2D eigenvalue weighted by atomic mass is 19.4. The first kappa shape index (κ1) is 25.1. The van der Waals surface area contributed by atoms with E-state index in [1.807, 2.05) is 53.8 Å². The normalized spacial score (nSPS) is 14.5. The number of benzene rings is 2. The zero-order chi connectivity index (χ0) is 24.9. The molecule has 0 radical (unpaired) electrons. The van der Waals surface area contributed by atoms with Crippen molar-refractivity contribution in [2.45, 2.75) is 37.9 Å². The minimum absolute atomic E-state index is 0.0325. The summed E-state index contributed by atoms with van der Waals surface area (Å²) in [6.07, 6.45) is -7.42. The number of ether oxygens (including phenoxy) is 1. The van der Waals surface area contributed by atoms with Gasteiger partial charge in [0.05, 0.1) is 12.3 Å². The lowest BCUT2D eigenvalue weighted by Gasteiger charge is -2.21. The molecule has 0 bridgehead atoms. The average molecular weight is 478 g/mol. The number of carboxylic acids is 1. The Morgan fingerprint density at radius 2 is 1.59 bits per heavy atom. The Bertz CT molecular complexity index is 1010. The van der Waals surface area contributed by atoms with E-state index >= 15 is 0 Å². The molecule has 3 N–H and O–H groups in total. The van der Waals surface area contributed by atoms with E-state index in [2.05, 4.69) is 5.32 Å². The van der Waals surface area contributed by atoms with E-state index in [-0.39, 0.29) is 25.5 Å². The number of rotatable bonds is 9. The molecule has 0 aliphatic heterocycles. The van der Waals surface area contributed by atoms with Crippen LogP contribution in [0.3, 0.4) is 0 Å². The Hall–Kier alpha value is -3.56. The van der Waals surface area contributed by atoms with Crippen LogP contribution in [0.5, 0.6) is 0 Å². The van der Waals surface area contributed by atoms with Gasteiger partial charge in [0, 0.05) is 12.5 Å². The fourth-order valence-electron chi connectivity index (χ4n) is 3.88. The molecule has 2 aromatic carbocycles. The molecule has 10 heteroatoms. The molecule has 2 aromatic rings. The van der Waals surface area contributed by atoms with Gasteiger partial charge in [0.15, 0.2) is 0 Å². The van der Waals surface area contributed by atoms with E-state index in [0.29, 0.717) is 0 Å². The Labute approximate surface area is 194 Å². The molecule has 2 unspecified atom stereocenters. The number of hydrogen-bond acceptors (Lipinski definition) is 4. The summed E-state index contributed by atoms with van der Waals surface area (Å²) >= 11 is 0. The minimum atomic E-state index is -4.72. The molecule has 2 atom stereocenters. The second-order valence-corrected chi connectivity index (χ2v) is 8.16. The van der Waals surface area contributed by atoms with Crippen molar-refractivity contribution in [3.05, 3.63) is 59.7 Å². The third-order valence-corrected chi connectivity index (χ3v) is 5.69. The summed E-state index contributed by atoms with van der Waals surface area (Å²) in [4.78, 5) is 35.4. The maximum absolute atomic E-state index is 13.0. The molecule has 0 fully saturated rings. The number of carbonyl (C=O) groups excluding carboxylic acids is 2. The van der Waals surface area contributed by atoms with E-state index in [9.17, 15) is 27.6 Å². The molecule has 1 aliphatic carbocycles. The second-order valence-electron chi connectivity index (χ2n) is 8.16. The van der Waals surface area contributed by atoms with Gasteiger partial charge in [-0.05, 0) is 28.7 Å². The first-order valence-corrected chi connectivity index (χ1v) is 10.8. The summed E-state index contributed by atoms with van der Waals surface area (Å²) in [7, 11) is 0. The van der Waals surface area contributed by atoms with Crippen molar-refractivity contribution in [2.75, 3.05) is 13.2 Å². The van der Waals surface area contributed by atoms with Gasteiger partial charge in [0.1, 0.15) is 12.6 Å². The summed E-state index contributed by atoms with van der Waals surface area (Å²) in [6.45, 7) is 1.15. The van der Waals surface area contributed by atoms with E-state index < -0.39 is 42.5 Å². The average Bonchev–Trinajstić information content (AvgIpc) is 3.10. The summed E-state index contributed by atoms with van der Waals surface area (Å²) in [5.74, 6) is -3.22. The van der Waals surface area contributed by atoms with Gasteiger partial charge in [-0.3, -0.25) is 9.59 Å². The lowest BCUT2D eigenvalue weighted by molar-refractivity contribution is -0.149. The molecular weight excluding hydrogens is 453 g/mol. The SMILES string of the molecule is CC(CCNC(=O)C(CC(F)(F)F)NC(=O)OCC1c2ccccc2-c2ccccc21)C(=O)O. The number of amides is 2. The molecule has 0 saturated heterocycles. The van der Waals surface area contributed by atoms with Crippen molar-refractivity contribution in [2.24, 2.45) is 5.92 Å². The number of alkyl halides is 3. The number of nitrogens with one attached hydrogen (secondary N) is 2. The van der Waals surface area contributed by atoms with E-state index in [4.69, 9.17) is 9.84 Å². The number of aliphatic carboxylic acids is 1. The lowest BCUT2D eigenvalue weighted by atomic mass is 9.98. The molecule has 1 aliphatic rings. The van der Waals surface area contributed by atoms with Crippen LogP contribution in [0.2, 0.25) is 0 Å². The van der Waals surface area contributed by atoms with Crippen LogP contribution in [0.25, 0.3) is 11.1 Å². The first-order valence-electron chi connectivity index (χ1n) is 10.8. The Morgan fingerprint density at radius 3 is 2.12 bits per heavy atom. The number of fused-ring (bicyclic) bond motifs is 3. The maximum Gasteiger partial charge on any atom is 0.407 e. The van der Waals surface area contributed by atoms with Gasteiger partial charge in [-0.1, -0.05) is 55.5 Å². The molecule has 34 heavy (non-hydrogen) atoms. The maximum atomic E-state index is 13.0. The third-order valence-electron chi connectivity index (χ3n) is 5.69. The monoisotopic (exact) mass is 478 g/mol. The molecule has 2 amide bonds. The van der Waals surface area contributed by atoms with Crippen molar-refractivity contribution in [3.8, 4) is 11.1 Å². The van der Waals surface area contributed by atoms with Crippen molar-refractivity contribution < 1.29 is 37.4 Å². The van der Waals surface area contributed by atoms with Gasteiger partial charge in [-0.2, -0.15) is 13.2 Å². The summed E-state index contributed by atoms with van der Waals surface area (Å²) in [6, 6.07) is 13.3.